The number of fused-ring (bicyclic) bond motifs is 1. The molecule has 3 fully saturated rings. The van der Waals surface area contributed by atoms with E-state index in [1.165, 1.54) is 32.1 Å². The third-order valence-electron chi connectivity index (χ3n) is 4.30. The van der Waals surface area contributed by atoms with Crippen molar-refractivity contribution in [1.29, 1.82) is 0 Å². The molecule has 16 heavy (non-hydrogen) atoms. The minimum Gasteiger partial charge on any atom is -0.339 e. The number of hydrogen-bond acceptors (Lipinski definition) is 4. The summed E-state index contributed by atoms with van der Waals surface area (Å²) < 4.78 is 5.38. The fourth-order valence-electron chi connectivity index (χ4n) is 3.19. The van der Waals surface area contributed by atoms with Gasteiger partial charge in [-0.15, -0.1) is 0 Å². The maximum atomic E-state index is 5.38. The van der Waals surface area contributed by atoms with Crippen LogP contribution in [0.2, 0.25) is 0 Å². The molecule has 0 spiro atoms. The van der Waals surface area contributed by atoms with E-state index in [4.69, 9.17) is 4.52 Å². The van der Waals surface area contributed by atoms with E-state index >= 15 is 0 Å². The quantitative estimate of drug-likeness (QED) is 0.839. The molecule has 0 amide bonds. The summed E-state index contributed by atoms with van der Waals surface area (Å²) in [4.78, 5) is 4.51. The van der Waals surface area contributed by atoms with Crippen LogP contribution in [0.5, 0.6) is 0 Å². The lowest BCUT2D eigenvalue weighted by Crippen LogP contribution is -2.16. The zero-order chi connectivity index (χ0) is 10.5. The van der Waals surface area contributed by atoms with Crippen molar-refractivity contribution in [2.24, 2.45) is 11.8 Å². The lowest BCUT2D eigenvalue weighted by atomic mass is 10.1. The summed E-state index contributed by atoms with van der Waals surface area (Å²) in [5.41, 5.74) is 0. The number of aromatic nitrogens is 2. The van der Waals surface area contributed by atoms with Gasteiger partial charge in [-0.1, -0.05) is 11.6 Å². The Hall–Kier alpha value is -0.900. The van der Waals surface area contributed by atoms with Crippen molar-refractivity contribution < 1.29 is 4.52 Å². The molecular weight excluding hydrogens is 202 g/mol. The van der Waals surface area contributed by atoms with Crippen molar-refractivity contribution >= 4 is 0 Å². The monoisotopic (exact) mass is 219 g/mol. The minimum atomic E-state index is 0.607. The molecule has 4 heteroatoms. The smallest absolute Gasteiger partial charge is 0.230 e. The first-order chi connectivity index (χ1) is 7.92. The molecule has 2 atom stereocenters. The predicted octanol–water partition coefficient (Wildman–Crippen LogP) is 1.84. The van der Waals surface area contributed by atoms with Crippen molar-refractivity contribution in [1.82, 2.24) is 15.5 Å². The molecule has 4 rings (SSSR count). The van der Waals surface area contributed by atoms with E-state index in [0.29, 0.717) is 12.0 Å². The van der Waals surface area contributed by atoms with E-state index in [-0.39, 0.29) is 0 Å². The molecule has 0 radical (unpaired) electrons. The first-order valence-electron chi connectivity index (χ1n) is 6.47. The van der Waals surface area contributed by atoms with E-state index in [2.05, 4.69) is 15.5 Å². The Morgan fingerprint density at radius 2 is 2.00 bits per heavy atom. The van der Waals surface area contributed by atoms with Crippen LogP contribution in [-0.4, -0.2) is 16.2 Å². The van der Waals surface area contributed by atoms with Crippen molar-refractivity contribution in [3.8, 4) is 0 Å². The Morgan fingerprint density at radius 1 is 1.19 bits per heavy atom. The molecule has 2 unspecified atom stereocenters. The van der Waals surface area contributed by atoms with Crippen LogP contribution in [0.3, 0.4) is 0 Å². The fourth-order valence-corrected chi connectivity index (χ4v) is 3.19. The van der Waals surface area contributed by atoms with E-state index in [9.17, 15) is 0 Å². The molecule has 3 aliphatic carbocycles. The van der Waals surface area contributed by atoms with Crippen LogP contribution in [0.1, 0.15) is 49.7 Å². The highest BCUT2D eigenvalue weighted by Crippen LogP contribution is 2.62. The molecule has 0 aliphatic heterocycles. The lowest BCUT2D eigenvalue weighted by Gasteiger charge is -1.96. The third kappa shape index (κ3) is 1.47. The Bertz CT molecular complexity index is 389. The standard InChI is InChI=1S/C12H17N3O/c1-2-8-9(3-1)11(8)12-14-10(15-16-12)6-13-7-4-5-7/h7-9,11,13H,1-6H2. The van der Waals surface area contributed by atoms with Gasteiger partial charge in [0.25, 0.3) is 0 Å². The van der Waals surface area contributed by atoms with Crippen LogP contribution in [0.15, 0.2) is 4.52 Å². The molecule has 0 saturated heterocycles. The van der Waals surface area contributed by atoms with E-state index in [0.717, 1.165) is 30.1 Å². The number of nitrogens with one attached hydrogen (secondary N) is 1. The van der Waals surface area contributed by atoms with Gasteiger partial charge < -0.3 is 9.84 Å². The van der Waals surface area contributed by atoms with Gasteiger partial charge >= 0.3 is 0 Å². The third-order valence-corrected chi connectivity index (χ3v) is 4.30. The average Bonchev–Trinajstić information content (AvgIpc) is 3.15. The second-order valence-electron chi connectivity index (χ2n) is 5.49. The lowest BCUT2D eigenvalue weighted by molar-refractivity contribution is 0.362. The van der Waals surface area contributed by atoms with Gasteiger partial charge in [0, 0.05) is 12.0 Å². The summed E-state index contributed by atoms with van der Waals surface area (Å²) in [5, 5.41) is 7.47. The van der Waals surface area contributed by atoms with Gasteiger partial charge in [0.2, 0.25) is 5.89 Å². The largest absolute Gasteiger partial charge is 0.339 e. The van der Waals surface area contributed by atoms with Crippen molar-refractivity contribution in [3.05, 3.63) is 11.7 Å². The molecule has 86 valence electrons. The zero-order valence-electron chi connectivity index (χ0n) is 9.35. The Labute approximate surface area is 94.8 Å². The van der Waals surface area contributed by atoms with Gasteiger partial charge in [-0.2, -0.15) is 4.98 Å². The van der Waals surface area contributed by atoms with E-state index < -0.39 is 0 Å². The fraction of sp³-hybridized carbons (Fsp3) is 0.833. The molecule has 1 aromatic rings. The van der Waals surface area contributed by atoms with Gasteiger partial charge in [0.15, 0.2) is 5.82 Å². The van der Waals surface area contributed by atoms with Gasteiger partial charge in [0.05, 0.1) is 6.54 Å². The van der Waals surface area contributed by atoms with Crippen molar-refractivity contribution in [2.45, 2.75) is 50.6 Å². The Kier molecular flexibility index (Phi) is 1.89. The van der Waals surface area contributed by atoms with Crippen LogP contribution in [0, 0.1) is 11.8 Å². The van der Waals surface area contributed by atoms with Crippen LogP contribution in [0.25, 0.3) is 0 Å². The Balaban J connectivity index is 1.41. The molecule has 3 aliphatic rings. The van der Waals surface area contributed by atoms with Gasteiger partial charge in [-0.25, -0.2) is 0 Å². The van der Waals surface area contributed by atoms with Gasteiger partial charge in [-0.3, -0.25) is 0 Å². The van der Waals surface area contributed by atoms with Gasteiger partial charge in [0.1, 0.15) is 0 Å². The summed E-state index contributed by atoms with van der Waals surface area (Å²) in [6.45, 7) is 0.774. The number of nitrogens with zero attached hydrogens (tertiary/aromatic N) is 2. The predicted molar refractivity (Wildman–Crippen MR) is 57.7 cm³/mol. The number of hydrogen-bond donors (Lipinski definition) is 1. The second kappa shape index (κ2) is 3.29. The SMILES string of the molecule is C1CC2C(C1)C2c1nc(CNC2CC2)no1. The van der Waals surface area contributed by atoms with E-state index in [1.807, 2.05) is 0 Å². The maximum Gasteiger partial charge on any atom is 0.230 e. The molecule has 4 nitrogen and oxygen atoms in total. The number of rotatable bonds is 4. The minimum absolute atomic E-state index is 0.607. The summed E-state index contributed by atoms with van der Waals surface area (Å²) in [6.07, 6.45) is 6.74. The molecule has 1 aromatic heterocycles. The van der Waals surface area contributed by atoms with Crippen LogP contribution in [0.4, 0.5) is 0 Å². The topological polar surface area (TPSA) is 51.0 Å². The highest BCUT2D eigenvalue weighted by Gasteiger charge is 2.56. The summed E-state index contributed by atoms with van der Waals surface area (Å²) in [7, 11) is 0. The van der Waals surface area contributed by atoms with Crippen molar-refractivity contribution in [2.75, 3.05) is 0 Å². The summed E-state index contributed by atoms with van der Waals surface area (Å²) in [5.74, 6) is 4.08. The maximum absolute atomic E-state index is 5.38. The molecular formula is C12H17N3O. The van der Waals surface area contributed by atoms with Crippen LogP contribution >= 0.6 is 0 Å². The van der Waals surface area contributed by atoms with Crippen LogP contribution in [-0.2, 0) is 6.54 Å². The van der Waals surface area contributed by atoms with E-state index in [1.54, 1.807) is 0 Å². The molecule has 1 heterocycles. The molecule has 3 saturated carbocycles. The highest BCUT2D eigenvalue weighted by atomic mass is 16.5. The normalized spacial score (nSPS) is 36.4. The first-order valence-corrected chi connectivity index (χ1v) is 6.47. The Morgan fingerprint density at radius 3 is 2.75 bits per heavy atom. The second-order valence-corrected chi connectivity index (χ2v) is 5.49. The summed E-state index contributed by atoms with van der Waals surface area (Å²) in [6, 6.07) is 0.710. The van der Waals surface area contributed by atoms with Gasteiger partial charge in [-0.05, 0) is 37.5 Å². The molecule has 0 aromatic carbocycles. The summed E-state index contributed by atoms with van der Waals surface area (Å²) >= 11 is 0. The molecule has 0 bridgehead atoms. The zero-order valence-corrected chi connectivity index (χ0v) is 9.35. The first kappa shape index (κ1) is 9.16. The van der Waals surface area contributed by atoms with Crippen LogP contribution < -0.4 is 5.32 Å². The molecule has 1 N–H and O–H groups in total. The highest BCUT2D eigenvalue weighted by molar-refractivity contribution is 5.15. The average molecular weight is 219 g/mol. The van der Waals surface area contributed by atoms with Crippen molar-refractivity contribution in [3.63, 3.8) is 0 Å².